The zero-order valence-electron chi connectivity index (χ0n) is 12.7. The molecule has 2 N–H and O–H groups in total. The third-order valence-electron chi connectivity index (χ3n) is 4.22. The molecule has 112 valence electrons. The van der Waals surface area contributed by atoms with E-state index in [0.29, 0.717) is 11.1 Å². The van der Waals surface area contributed by atoms with Gasteiger partial charge in [0.05, 0.1) is 11.1 Å². The van der Waals surface area contributed by atoms with E-state index in [9.17, 15) is 15.0 Å². The third-order valence-corrected chi connectivity index (χ3v) is 4.22. The van der Waals surface area contributed by atoms with E-state index in [2.05, 4.69) is 0 Å². The highest BCUT2D eigenvalue weighted by molar-refractivity contribution is 6.06. The van der Waals surface area contributed by atoms with Crippen molar-refractivity contribution in [2.45, 2.75) is 20.8 Å². The molecule has 0 aliphatic heterocycles. The summed E-state index contributed by atoms with van der Waals surface area (Å²) in [6.07, 6.45) is 0. The Morgan fingerprint density at radius 3 is 2.50 bits per heavy atom. The van der Waals surface area contributed by atoms with Gasteiger partial charge < -0.3 is 14.8 Å². The normalized spacial score (nSPS) is 11.0. The molecule has 0 radical (unpaired) electrons. The fourth-order valence-corrected chi connectivity index (χ4v) is 2.96. The van der Waals surface area contributed by atoms with Crippen molar-refractivity contribution >= 4 is 16.9 Å². The number of carbonyl (C=O) groups is 1. The number of carboxylic acids is 1. The van der Waals surface area contributed by atoms with Crippen LogP contribution in [0.25, 0.3) is 16.6 Å². The molecule has 2 aromatic carbocycles. The number of hydrogen-bond acceptors (Lipinski definition) is 2. The number of carboxylic acid groups (broad SMARTS) is 1. The minimum Gasteiger partial charge on any atom is -0.508 e. The van der Waals surface area contributed by atoms with Crippen molar-refractivity contribution in [3.8, 4) is 11.4 Å². The second-order valence-electron chi connectivity index (χ2n) is 5.52. The second-order valence-corrected chi connectivity index (χ2v) is 5.52. The number of nitrogens with zero attached hydrogens (tertiary/aromatic N) is 1. The summed E-state index contributed by atoms with van der Waals surface area (Å²) in [5, 5.41) is 19.8. The molecule has 22 heavy (non-hydrogen) atoms. The van der Waals surface area contributed by atoms with Crippen molar-refractivity contribution in [2.75, 3.05) is 0 Å². The van der Waals surface area contributed by atoms with Crippen LogP contribution in [0.5, 0.6) is 5.75 Å². The number of phenols is 1. The van der Waals surface area contributed by atoms with Crippen LogP contribution in [0.2, 0.25) is 0 Å². The van der Waals surface area contributed by atoms with E-state index in [1.807, 2.05) is 36.6 Å². The van der Waals surface area contributed by atoms with Crippen molar-refractivity contribution in [1.29, 1.82) is 0 Å². The summed E-state index contributed by atoms with van der Waals surface area (Å²) >= 11 is 0. The topological polar surface area (TPSA) is 62.5 Å². The lowest BCUT2D eigenvalue weighted by Gasteiger charge is -2.13. The van der Waals surface area contributed by atoms with Gasteiger partial charge in [-0.3, -0.25) is 0 Å². The molecule has 4 heteroatoms. The van der Waals surface area contributed by atoms with E-state index < -0.39 is 5.97 Å². The number of benzene rings is 2. The lowest BCUT2D eigenvalue weighted by molar-refractivity contribution is 0.0698. The molecule has 0 aliphatic rings. The Kier molecular flexibility index (Phi) is 3.17. The van der Waals surface area contributed by atoms with Crippen molar-refractivity contribution in [1.82, 2.24) is 4.57 Å². The monoisotopic (exact) mass is 295 g/mol. The molecule has 0 unspecified atom stereocenters. The average Bonchev–Trinajstić information content (AvgIpc) is 2.73. The molecule has 0 atom stereocenters. The van der Waals surface area contributed by atoms with Crippen LogP contribution >= 0.6 is 0 Å². The Hall–Kier alpha value is -2.75. The minimum atomic E-state index is -0.989. The maximum Gasteiger partial charge on any atom is 0.338 e. The van der Waals surface area contributed by atoms with Gasteiger partial charge in [0, 0.05) is 16.8 Å². The van der Waals surface area contributed by atoms with E-state index in [1.165, 1.54) is 6.07 Å². The zero-order valence-corrected chi connectivity index (χ0v) is 12.7. The first-order valence-corrected chi connectivity index (χ1v) is 7.05. The number of hydrogen-bond donors (Lipinski definition) is 2. The van der Waals surface area contributed by atoms with Crippen LogP contribution in [0.3, 0.4) is 0 Å². The van der Waals surface area contributed by atoms with Crippen LogP contribution in [0.15, 0.2) is 36.4 Å². The number of aryl methyl sites for hydroxylation is 1. The van der Waals surface area contributed by atoms with Crippen LogP contribution in [0, 0.1) is 20.8 Å². The fraction of sp³-hybridized carbons (Fsp3) is 0.167. The molecule has 0 aliphatic carbocycles. The van der Waals surface area contributed by atoms with Crippen LogP contribution in [-0.4, -0.2) is 20.7 Å². The van der Waals surface area contributed by atoms with Crippen molar-refractivity contribution in [3.05, 3.63) is 58.8 Å². The Balaban J connectivity index is 2.47. The Morgan fingerprint density at radius 2 is 1.82 bits per heavy atom. The third kappa shape index (κ3) is 1.96. The maximum atomic E-state index is 11.6. The first kappa shape index (κ1) is 14.2. The van der Waals surface area contributed by atoms with Gasteiger partial charge >= 0.3 is 5.97 Å². The number of aromatic nitrogens is 1. The molecular weight excluding hydrogens is 278 g/mol. The summed E-state index contributed by atoms with van der Waals surface area (Å²) in [7, 11) is 0. The van der Waals surface area contributed by atoms with Crippen molar-refractivity contribution in [2.24, 2.45) is 0 Å². The number of aromatic carboxylic acids is 1. The van der Waals surface area contributed by atoms with Gasteiger partial charge in [0.15, 0.2) is 0 Å². The molecule has 0 saturated carbocycles. The van der Waals surface area contributed by atoms with E-state index in [0.717, 1.165) is 22.3 Å². The molecule has 1 aromatic heterocycles. The summed E-state index contributed by atoms with van der Waals surface area (Å²) in [5.74, 6) is -0.926. The Labute approximate surface area is 128 Å². The van der Waals surface area contributed by atoms with Gasteiger partial charge in [-0.1, -0.05) is 12.1 Å². The van der Waals surface area contributed by atoms with E-state index in [4.69, 9.17) is 0 Å². The lowest BCUT2D eigenvalue weighted by atomic mass is 10.1. The maximum absolute atomic E-state index is 11.6. The SMILES string of the molecule is Cc1cccc(-n2c(C)c(C(=O)O)c3cc(O)ccc32)c1C. The molecule has 0 spiro atoms. The first-order valence-electron chi connectivity index (χ1n) is 7.05. The van der Waals surface area contributed by atoms with Crippen LogP contribution in [-0.2, 0) is 0 Å². The van der Waals surface area contributed by atoms with Gasteiger partial charge in [0.1, 0.15) is 5.75 Å². The van der Waals surface area contributed by atoms with E-state index in [-0.39, 0.29) is 11.3 Å². The van der Waals surface area contributed by atoms with Gasteiger partial charge in [-0.25, -0.2) is 4.79 Å². The van der Waals surface area contributed by atoms with Crippen molar-refractivity contribution < 1.29 is 15.0 Å². The molecular formula is C18H17NO3. The highest BCUT2D eigenvalue weighted by atomic mass is 16.4. The zero-order chi connectivity index (χ0) is 16.0. The highest BCUT2D eigenvalue weighted by Crippen LogP contribution is 2.33. The molecule has 3 rings (SSSR count). The van der Waals surface area contributed by atoms with Gasteiger partial charge in [-0.15, -0.1) is 0 Å². The summed E-state index contributed by atoms with van der Waals surface area (Å²) < 4.78 is 1.94. The predicted octanol–water partition coefficient (Wildman–Crippen LogP) is 3.96. The number of phenolic OH excluding ortho intramolecular Hbond substituents is 1. The number of fused-ring (bicyclic) bond motifs is 1. The smallest absolute Gasteiger partial charge is 0.338 e. The second kappa shape index (κ2) is 4.91. The van der Waals surface area contributed by atoms with Gasteiger partial charge in [0.25, 0.3) is 0 Å². The Bertz CT molecular complexity index is 906. The standard InChI is InChI=1S/C18H17NO3/c1-10-5-4-6-15(11(10)2)19-12(3)17(18(21)22)14-9-13(20)7-8-16(14)19/h4-9,20H,1-3H3,(H,21,22). The van der Waals surface area contributed by atoms with Gasteiger partial charge in [-0.2, -0.15) is 0 Å². The van der Waals surface area contributed by atoms with E-state index >= 15 is 0 Å². The minimum absolute atomic E-state index is 0.0631. The van der Waals surface area contributed by atoms with Gasteiger partial charge in [0.2, 0.25) is 0 Å². The summed E-state index contributed by atoms with van der Waals surface area (Å²) in [5.41, 5.74) is 4.87. The fourth-order valence-electron chi connectivity index (χ4n) is 2.96. The van der Waals surface area contributed by atoms with Crippen molar-refractivity contribution in [3.63, 3.8) is 0 Å². The summed E-state index contributed by atoms with van der Waals surface area (Å²) in [4.78, 5) is 11.6. The van der Waals surface area contributed by atoms with Crippen LogP contribution < -0.4 is 0 Å². The molecule has 0 bridgehead atoms. The summed E-state index contributed by atoms with van der Waals surface area (Å²) in [6, 6.07) is 10.8. The highest BCUT2D eigenvalue weighted by Gasteiger charge is 2.21. The lowest BCUT2D eigenvalue weighted by Crippen LogP contribution is -2.03. The molecule has 0 fully saturated rings. The first-order chi connectivity index (χ1) is 10.4. The van der Waals surface area contributed by atoms with Crippen LogP contribution in [0.4, 0.5) is 0 Å². The quantitative estimate of drug-likeness (QED) is 0.752. The number of rotatable bonds is 2. The Morgan fingerprint density at radius 1 is 1.09 bits per heavy atom. The predicted molar refractivity (Wildman–Crippen MR) is 86.1 cm³/mol. The molecule has 4 nitrogen and oxygen atoms in total. The molecule has 0 amide bonds. The number of aromatic hydroxyl groups is 1. The molecule has 0 saturated heterocycles. The molecule has 1 heterocycles. The van der Waals surface area contributed by atoms with Gasteiger partial charge in [-0.05, 0) is 56.2 Å². The largest absolute Gasteiger partial charge is 0.508 e. The summed E-state index contributed by atoms with van der Waals surface area (Å²) in [6.45, 7) is 5.85. The van der Waals surface area contributed by atoms with Crippen LogP contribution in [0.1, 0.15) is 27.2 Å². The average molecular weight is 295 g/mol. The van der Waals surface area contributed by atoms with E-state index in [1.54, 1.807) is 19.1 Å². The molecule has 3 aromatic rings.